The number of aromatic nitrogens is 1. The van der Waals surface area contributed by atoms with Gasteiger partial charge in [0.1, 0.15) is 5.82 Å². The minimum Gasteiger partial charge on any atom is -0.463 e. The van der Waals surface area contributed by atoms with Crippen molar-refractivity contribution in [3.8, 4) is 0 Å². The maximum Gasteiger partial charge on any atom is 0.322 e. The number of H-pyrrole nitrogens is 1. The lowest BCUT2D eigenvalue weighted by Crippen LogP contribution is -2.38. The summed E-state index contributed by atoms with van der Waals surface area (Å²) in [7, 11) is 0. The second kappa shape index (κ2) is 11.2. The van der Waals surface area contributed by atoms with Gasteiger partial charge in [0.2, 0.25) is 0 Å². The lowest BCUT2D eigenvalue weighted by atomic mass is 10.0. The summed E-state index contributed by atoms with van der Waals surface area (Å²) < 4.78 is 18.7. The summed E-state index contributed by atoms with van der Waals surface area (Å²) in [5.41, 5.74) is 0.853. The zero-order chi connectivity index (χ0) is 24.8. The first-order valence-corrected chi connectivity index (χ1v) is 11.4. The van der Waals surface area contributed by atoms with Crippen LogP contribution < -0.4 is 10.9 Å². The predicted molar refractivity (Wildman–Crippen MR) is 131 cm³/mol. The van der Waals surface area contributed by atoms with Crippen LogP contribution >= 0.6 is 11.6 Å². The molecule has 3 aromatic rings. The molecule has 0 aliphatic rings. The molecule has 0 saturated heterocycles. The number of amides is 2. The van der Waals surface area contributed by atoms with E-state index in [0.717, 1.165) is 10.9 Å². The fourth-order valence-electron chi connectivity index (χ4n) is 3.70. The van der Waals surface area contributed by atoms with E-state index < -0.39 is 17.9 Å². The van der Waals surface area contributed by atoms with Crippen molar-refractivity contribution in [1.82, 2.24) is 9.88 Å². The lowest BCUT2D eigenvalue weighted by molar-refractivity contribution is -0.147. The van der Waals surface area contributed by atoms with Crippen molar-refractivity contribution in [2.75, 3.05) is 11.9 Å². The third kappa shape index (κ3) is 6.14. The van der Waals surface area contributed by atoms with Crippen LogP contribution in [0.2, 0.25) is 5.02 Å². The van der Waals surface area contributed by atoms with E-state index in [1.165, 1.54) is 18.2 Å². The molecule has 180 valence electrons. The van der Waals surface area contributed by atoms with Gasteiger partial charge in [0, 0.05) is 30.2 Å². The van der Waals surface area contributed by atoms with Gasteiger partial charge in [-0.15, -0.1) is 0 Å². The highest BCUT2D eigenvalue weighted by Crippen LogP contribution is 2.28. The molecule has 7 nitrogen and oxygen atoms in total. The average molecular weight is 488 g/mol. The molecule has 0 saturated carbocycles. The van der Waals surface area contributed by atoms with E-state index in [0.29, 0.717) is 17.5 Å². The van der Waals surface area contributed by atoms with Crippen molar-refractivity contribution in [2.24, 2.45) is 0 Å². The number of anilines is 1. The van der Waals surface area contributed by atoms with Crippen LogP contribution in [0.1, 0.15) is 45.2 Å². The Bertz CT molecular complexity index is 1240. The number of carbonyl (C=O) groups is 2. The minimum absolute atomic E-state index is 0.111. The number of nitrogens with one attached hydrogen (secondary N) is 2. The molecule has 0 aliphatic carbocycles. The molecule has 9 heteroatoms. The number of aromatic amines is 1. The number of benzene rings is 2. The topological polar surface area (TPSA) is 91.5 Å². The first kappa shape index (κ1) is 25.2. The van der Waals surface area contributed by atoms with Gasteiger partial charge in [0.15, 0.2) is 0 Å². The van der Waals surface area contributed by atoms with Crippen molar-refractivity contribution < 1.29 is 18.7 Å². The molecule has 1 aromatic heterocycles. The number of carbonyl (C=O) groups excluding carboxylic acids is 2. The summed E-state index contributed by atoms with van der Waals surface area (Å²) >= 11 is 5.85. The molecule has 0 fully saturated rings. The monoisotopic (exact) mass is 487 g/mol. The Balaban J connectivity index is 1.88. The highest BCUT2D eigenvalue weighted by atomic mass is 35.5. The van der Waals surface area contributed by atoms with Crippen molar-refractivity contribution >= 4 is 40.1 Å². The average Bonchev–Trinajstić information content (AvgIpc) is 2.78. The second-order valence-electron chi connectivity index (χ2n) is 8.19. The molecule has 2 N–H and O–H groups in total. The van der Waals surface area contributed by atoms with Crippen molar-refractivity contribution in [3.63, 3.8) is 0 Å². The number of pyridine rings is 1. The van der Waals surface area contributed by atoms with Gasteiger partial charge >= 0.3 is 12.0 Å². The minimum atomic E-state index is -0.590. The summed E-state index contributed by atoms with van der Waals surface area (Å²) in [4.78, 5) is 41.8. The lowest BCUT2D eigenvalue weighted by Gasteiger charge is -2.30. The Morgan fingerprint density at radius 3 is 2.53 bits per heavy atom. The molecule has 1 heterocycles. The highest BCUT2D eigenvalue weighted by Gasteiger charge is 2.24. The van der Waals surface area contributed by atoms with Gasteiger partial charge in [0.05, 0.1) is 17.2 Å². The molecular formula is C25H27ClFN3O4. The first-order valence-electron chi connectivity index (χ1n) is 11.0. The van der Waals surface area contributed by atoms with Crippen molar-refractivity contribution in [2.45, 2.75) is 45.8 Å². The summed E-state index contributed by atoms with van der Waals surface area (Å²) in [6.07, 6.45) is 1.89. The first-order chi connectivity index (χ1) is 16.2. The van der Waals surface area contributed by atoms with Gasteiger partial charge in [-0.2, -0.15) is 0 Å². The number of rotatable bonds is 8. The fraction of sp³-hybridized carbons (Fsp3) is 0.320. The van der Waals surface area contributed by atoms with Gasteiger partial charge in [0.25, 0.3) is 5.56 Å². The number of fused-ring (bicyclic) bond motifs is 1. The summed E-state index contributed by atoms with van der Waals surface area (Å²) in [5, 5.41) is 3.86. The van der Waals surface area contributed by atoms with E-state index in [1.807, 2.05) is 19.1 Å². The molecule has 0 radical (unpaired) electrons. The number of hydrogen-bond acceptors (Lipinski definition) is 4. The Hall–Kier alpha value is -3.39. The zero-order valence-corrected chi connectivity index (χ0v) is 20.0. The molecule has 2 aromatic carbocycles. The van der Waals surface area contributed by atoms with Crippen molar-refractivity contribution in [3.05, 3.63) is 75.4 Å². The second-order valence-corrected chi connectivity index (χ2v) is 8.60. The molecule has 3 rings (SSSR count). The van der Waals surface area contributed by atoms with Gasteiger partial charge in [-0.25, -0.2) is 9.18 Å². The Labute approximate surface area is 201 Å². The molecular weight excluding hydrogens is 461 g/mol. The molecule has 34 heavy (non-hydrogen) atoms. The number of hydrogen-bond donors (Lipinski definition) is 2. The molecule has 0 spiro atoms. The van der Waals surface area contributed by atoms with Crippen LogP contribution in [-0.2, 0) is 9.53 Å². The fourth-order valence-corrected chi connectivity index (χ4v) is 3.88. The number of nitrogens with zero attached hydrogens (tertiary/aromatic N) is 1. The smallest absolute Gasteiger partial charge is 0.322 e. The number of halogens is 2. The SMILES string of the molecule is CC(C)OC(=O)CCCN(C(=O)Nc1ccc(F)c(Cl)c1)C(C)c1c[nH]c(=O)c2ccccc12. The largest absolute Gasteiger partial charge is 0.463 e. The van der Waals surface area contributed by atoms with E-state index in [1.54, 1.807) is 37.1 Å². The van der Waals surface area contributed by atoms with E-state index in [2.05, 4.69) is 10.3 Å². The van der Waals surface area contributed by atoms with Gasteiger partial charge < -0.3 is 19.9 Å². The van der Waals surface area contributed by atoms with E-state index >= 15 is 0 Å². The third-order valence-electron chi connectivity index (χ3n) is 5.34. The van der Waals surface area contributed by atoms with Gasteiger partial charge in [-0.05, 0) is 62.4 Å². The summed E-state index contributed by atoms with van der Waals surface area (Å²) in [6.45, 7) is 5.62. The third-order valence-corrected chi connectivity index (χ3v) is 5.63. The predicted octanol–water partition coefficient (Wildman–Crippen LogP) is 5.65. The zero-order valence-electron chi connectivity index (χ0n) is 19.2. The highest BCUT2D eigenvalue weighted by molar-refractivity contribution is 6.31. The van der Waals surface area contributed by atoms with Crippen LogP contribution in [0.3, 0.4) is 0 Å². The molecule has 0 bridgehead atoms. The molecule has 1 atom stereocenters. The van der Waals surface area contributed by atoms with Crippen LogP contribution in [0.25, 0.3) is 10.8 Å². The van der Waals surface area contributed by atoms with Crippen LogP contribution in [0.15, 0.2) is 53.5 Å². The maximum absolute atomic E-state index is 13.5. The van der Waals surface area contributed by atoms with Gasteiger partial charge in [-0.3, -0.25) is 9.59 Å². The summed E-state index contributed by atoms with van der Waals surface area (Å²) in [5.74, 6) is -0.934. The maximum atomic E-state index is 13.5. The van der Waals surface area contributed by atoms with Crippen LogP contribution in [0, 0.1) is 5.82 Å². The van der Waals surface area contributed by atoms with Crippen LogP contribution in [0.4, 0.5) is 14.9 Å². The van der Waals surface area contributed by atoms with E-state index in [4.69, 9.17) is 16.3 Å². The normalized spacial score (nSPS) is 11.9. The quantitative estimate of drug-likeness (QED) is 0.402. The Morgan fingerprint density at radius 2 is 1.85 bits per heavy atom. The Morgan fingerprint density at radius 1 is 1.15 bits per heavy atom. The number of urea groups is 1. The van der Waals surface area contributed by atoms with Crippen molar-refractivity contribution in [1.29, 1.82) is 0 Å². The molecule has 1 unspecified atom stereocenters. The van der Waals surface area contributed by atoms with Crippen LogP contribution in [0.5, 0.6) is 0 Å². The van der Waals surface area contributed by atoms with E-state index in [-0.39, 0.29) is 35.6 Å². The van der Waals surface area contributed by atoms with Crippen LogP contribution in [-0.4, -0.2) is 34.5 Å². The van der Waals surface area contributed by atoms with Gasteiger partial charge in [-0.1, -0.05) is 29.8 Å². The summed E-state index contributed by atoms with van der Waals surface area (Å²) in [6, 6.07) is 10.1. The Kier molecular flexibility index (Phi) is 8.28. The van der Waals surface area contributed by atoms with E-state index in [9.17, 15) is 18.8 Å². The standard InChI is InChI=1S/C25H27ClFN3O4/c1-15(2)34-23(31)9-6-12-30(25(33)29-17-10-11-22(27)21(26)13-17)16(3)20-14-28-24(32)19-8-5-4-7-18(19)20/h4-5,7-8,10-11,13-16H,6,9,12H2,1-3H3,(H,28,32)(H,29,33). The molecule has 0 aliphatic heterocycles. The number of ether oxygens (including phenoxy) is 1. The number of esters is 1. The molecule has 2 amide bonds.